The zero-order chi connectivity index (χ0) is 18.1. The van der Waals surface area contributed by atoms with Gasteiger partial charge in [-0.2, -0.15) is 0 Å². The fourth-order valence-electron chi connectivity index (χ4n) is 2.71. The molecule has 5 nitrogen and oxygen atoms in total. The van der Waals surface area contributed by atoms with Crippen molar-refractivity contribution >= 4 is 35.2 Å². The van der Waals surface area contributed by atoms with Crippen molar-refractivity contribution < 1.29 is 9.59 Å². The molecule has 1 aromatic carbocycles. The highest BCUT2D eigenvalue weighted by atomic mass is 35.5. The van der Waals surface area contributed by atoms with Crippen LogP contribution < -0.4 is 10.6 Å². The van der Waals surface area contributed by atoms with Crippen LogP contribution in [0.5, 0.6) is 0 Å². The first-order chi connectivity index (χ1) is 12.1. The highest BCUT2D eigenvalue weighted by Gasteiger charge is 2.21. The van der Waals surface area contributed by atoms with Crippen LogP contribution in [0, 0.1) is 0 Å². The fourth-order valence-corrected chi connectivity index (χ4v) is 3.54. The van der Waals surface area contributed by atoms with Crippen LogP contribution in [0.2, 0.25) is 5.02 Å². The van der Waals surface area contributed by atoms with Crippen molar-refractivity contribution in [2.45, 2.75) is 37.1 Å². The molecule has 2 amide bonds. The quantitative estimate of drug-likeness (QED) is 0.677. The molecule has 0 bridgehead atoms. The van der Waals surface area contributed by atoms with Gasteiger partial charge in [0.2, 0.25) is 11.8 Å². The second-order valence-electron chi connectivity index (χ2n) is 6.21. The van der Waals surface area contributed by atoms with E-state index in [0.29, 0.717) is 17.3 Å². The second-order valence-corrected chi connectivity index (χ2v) is 7.70. The Bertz CT molecular complexity index is 560. The number of benzene rings is 1. The van der Waals surface area contributed by atoms with Crippen molar-refractivity contribution in [3.05, 3.63) is 29.3 Å². The van der Waals surface area contributed by atoms with E-state index < -0.39 is 0 Å². The molecule has 0 aliphatic carbocycles. The molecule has 7 heteroatoms. The number of thioether (sulfide) groups is 1. The number of piperidine rings is 1. The number of amides is 2. The average molecular weight is 384 g/mol. The summed E-state index contributed by atoms with van der Waals surface area (Å²) in [6.45, 7) is 4.91. The van der Waals surface area contributed by atoms with Gasteiger partial charge in [-0.1, -0.05) is 18.5 Å². The number of hydrogen-bond acceptors (Lipinski definition) is 4. The molecule has 0 unspecified atom stereocenters. The number of halogens is 1. The number of carbonyl (C=O) groups is 2. The van der Waals surface area contributed by atoms with E-state index in [-0.39, 0.29) is 17.9 Å². The maximum Gasteiger partial charge on any atom is 0.234 e. The zero-order valence-electron chi connectivity index (χ0n) is 14.6. The number of likely N-dealkylation sites (tertiary alicyclic amines) is 1. The number of rotatable bonds is 8. The molecule has 0 spiro atoms. The Hall–Kier alpha value is -1.24. The largest absolute Gasteiger partial charge is 0.355 e. The normalized spacial score (nSPS) is 15.8. The van der Waals surface area contributed by atoms with Gasteiger partial charge in [0.15, 0.2) is 0 Å². The molecule has 1 aromatic rings. The lowest BCUT2D eigenvalue weighted by molar-refractivity contribution is -0.123. The summed E-state index contributed by atoms with van der Waals surface area (Å²) in [5, 5.41) is 6.69. The summed E-state index contributed by atoms with van der Waals surface area (Å²) in [5.74, 6) is 0.546. The van der Waals surface area contributed by atoms with Gasteiger partial charge in [0.25, 0.3) is 0 Å². The third-order valence-electron chi connectivity index (χ3n) is 4.08. The lowest BCUT2D eigenvalue weighted by atomic mass is 10.1. The third kappa shape index (κ3) is 7.67. The van der Waals surface area contributed by atoms with Crippen molar-refractivity contribution in [1.29, 1.82) is 0 Å². The van der Waals surface area contributed by atoms with Crippen molar-refractivity contribution in [2.75, 3.05) is 31.9 Å². The predicted octanol–water partition coefficient (Wildman–Crippen LogP) is 2.54. The minimum atomic E-state index is 0.0547. The van der Waals surface area contributed by atoms with Crippen LogP contribution in [-0.2, 0) is 9.59 Å². The van der Waals surface area contributed by atoms with E-state index in [4.69, 9.17) is 11.6 Å². The summed E-state index contributed by atoms with van der Waals surface area (Å²) < 4.78 is 0. The van der Waals surface area contributed by atoms with Crippen LogP contribution in [-0.4, -0.2) is 54.7 Å². The Balaban J connectivity index is 1.63. The van der Waals surface area contributed by atoms with Gasteiger partial charge in [0.1, 0.15) is 0 Å². The standard InChI is InChI=1S/C18H26ClN3O2S/c1-2-9-20-17(23)12-22-10-7-15(8-11-22)21-18(24)13-25-16-5-3-14(19)4-6-16/h3-6,15H,2,7-13H2,1H3,(H,20,23)(H,21,24). The number of hydrogen-bond donors (Lipinski definition) is 2. The van der Waals surface area contributed by atoms with Gasteiger partial charge in [0.05, 0.1) is 12.3 Å². The first-order valence-electron chi connectivity index (χ1n) is 8.73. The molecule has 0 aromatic heterocycles. The molecule has 0 saturated carbocycles. The van der Waals surface area contributed by atoms with E-state index >= 15 is 0 Å². The Kier molecular flexibility index (Phi) is 8.58. The summed E-state index contributed by atoms with van der Waals surface area (Å²) >= 11 is 7.36. The van der Waals surface area contributed by atoms with E-state index in [2.05, 4.69) is 15.5 Å². The van der Waals surface area contributed by atoms with Crippen LogP contribution in [0.25, 0.3) is 0 Å². The van der Waals surface area contributed by atoms with Gasteiger partial charge in [-0.15, -0.1) is 11.8 Å². The van der Waals surface area contributed by atoms with Gasteiger partial charge < -0.3 is 10.6 Å². The maximum absolute atomic E-state index is 12.1. The van der Waals surface area contributed by atoms with Crippen LogP contribution >= 0.6 is 23.4 Å². The number of carbonyl (C=O) groups excluding carboxylic acids is 2. The molecule has 1 aliphatic rings. The monoisotopic (exact) mass is 383 g/mol. The molecule has 0 radical (unpaired) electrons. The second kappa shape index (κ2) is 10.7. The smallest absolute Gasteiger partial charge is 0.234 e. The zero-order valence-corrected chi connectivity index (χ0v) is 16.2. The number of nitrogens with one attached hydrogen (secondary N) is 2. The lowest BCUT2D eigenvalue weighted by Crippen LogP contribution is -2.47. The summed E-state index contributed by atoms with van der Waals surface area (Å²) in [7, 11) is 0. The van der Waals surface area contributed by atoms with Gasteiger partial charge >= 0.3 is 0 Å². The van der Waals surface area contributed by atoms with Crippen LogP contribution in [0.3, 0.4) is 0 Å². The summed E-state index contributed by atoms with van der Waals surface area (Å²) in [5.41, 5.74) is 0. The SMILES string of the molecule is CCCNC(=O)CN1CCC(NC(=O)CSc2ccc(Cl)cc2)CC1. The van der Waals surface area contributed by atoms with Crippen LogP contribution in [0.1, 0.15) is 26.2 Å². The van der Waals surface area contributed by atoms with Gasteiger partial charge in [-0.05, 0) is 43.5 Å². The molecule has 138 valence electrons. The first-order valence-corrected chi connectivity index (χ1v) is 10.1. The first kappa shape index (κ1) is 20.1. The lowest BCUT2D eigenvalue weighted by Gasteiger charge is -2.31. The van der Waals surface area contributed by atoms with Gasteiger partial charge in [-0.3, -0.25) is 14.5 Å². The summed E-state index contributed by atoms with van der Waals surface area (Å²) in [4.78, 5) is 27.0. The van der Waals surface area contributed by atoms with Crippen molar-refractivity contribution in [3.8, 4) is 0 Å². The topological polar surface area (TPSA) is 61.4 Å². The van der Waals surface area contributed by atoms with E-state index in [1.807, 2.05) is 31.2 Å². The Labute approximate surface area is 158 Å². The Morgan fingerprint density at radius 1 is 1.20 bits per heavy atom. The molecular formula is C18H26ClN3O2S. The molecular weight excluding hydrogens is 358 g/mol. The van der Waals surface area contributed by atoms with Gasteiger partial charge in [0, 0.05) is 35.6 Å². The molecule has 2 N–H and O–H groups in total. The molecule has 1 aliphatic heterocycles. The van der Waals surface area contributed by atoms with E-state index in [1.54, 1.807) is 0 Å². The van der Waals surface area contributed by atoms with Crippen LogP contribution in [0.4, 0.5) is 0 Å². The van der Waals surface area contributed by atoms with E-state index in [0.717, 1.165) is 43.8 Å². The Morgan fingerprint density at radius 3 is 2.52 bits per heavy atom. The average Bonchev–Trinajstić information content (AvgIpc) is 2.61. The minimum absolute atomic E-state index is 0.0547. The predicted molar refractivity (Wildman–Crippen MR) is 103 cm³/mol. The summed E-state index contributed by atoms with van der Waals surface area (Å²) in [6.07, 6.45) is 2.73. The number of nitrogens with zero attached hydrogens (tertiary/aromatic N) is 1. The molecule has 0 atom stereocenters. The van der Waals surface area contributed by atoms with Crippen molar-refractivity contribution in [2.24, 2.45) is 0 Å². The van der Waals surface area contributed by atoms with Gasteiger partial charge in [-0.25, -0.2) is 0 Å². The third-order valence-corrected chi connectivity index (χ3v) is 5.34. The highest BCUT2D eigenvalue weighted by Crippen LogP contribution is 2.20. The highest BCUT2D eigenvalue weighted by molar-refractivity contribution is 8.00. The minimum Gasteiger partial charge on any atom is -0.355 e. The molecule has 2 rings (SSSR count). The summed E-state index contributed by atoms with van der Waals surface area (Å²) in [6, 6.07) is 7.70. The Morgan fingerprint density at radius 2 is 1.88 bits per heavy atom. The van der Waals surface area contributed by atoms with E-state index in [1.165, 1.54) is 11.8 Å². The van der Waals surface area contributed by atoms with Crippen molar-refractivity contribution in [3.63, 3.8) is 0 Å². The molecule has 1 fully saturated rings. The van der Waals surface area contributed by atoms with E-state index in [9.17, 15) is 9.59 Å². The maximum atomic E-state index is 12.1. The fraction of sp³-hybridized carbons (Fsp3) is 0.556. The molecule has 1 saturated heterocycles. The van der Waals surface area contributed by atoms with Crippen molar-refractivity contribution in [1.82, 2.24) is 15.5 Å². The molecule has 1 heterocycles. The molecule has 25 heavy (non-hydrogen) atoms. The van der Waals surface area contributed by atoms with Crippen LogP contribution in [0.15, 0.2) is 29.2 Å².